The molecule has 19 heavy (non-hydrogen) atoms. The van der Waals surface area contributed by atoms with Crippen LogP contribution in [0.3, 0.4) is 0 Å². The van der Waals surface area contributed by atoms with Gasteiger partial charge in [-0.1, -0.05) is 25.9 Å². The third-order valence-corrected chi connectivity index (χ3v) is 4.41. The van der Waals surface area contributed by atoms with Crippen LogP contribution >= 0.6 is 23.1 Å². The number of thiazole rings is 1. The number of thioether (sulfide) groups is 1. The van der Waals surface area contributed by atoms with Crippen molar-refractivity contribution in [3.8, 4) is 11.6 Å². The van der Waals surface area contributed by atoms with Gasteiger partial charge in [0.25, 0.3) is 5.89 Å². The SMILES string of the molecule is CC(C)(C)SCc1noc(-c2csc(CCN)n2)n1. The minimum Gasteiger partial charge on any atom is -0.332 e. The van der Waals surface area contributed by atoms with E-state index in [0.29, 0.717) is 18.3 Å². The van der Waals surface area contributed by atoms with Crippen molar-refractivity contribution in [1.82, 2.24) is 15.1 Å². The Hall–Kier alpha value is -0.920. The van der Waals surface area contributed by atoms with Gasteiger partial charge in [0, 0.05) is 16.5 Å². The van der Waals surface area contributed by atoms with Crippen molar-refractivity contribution >= 4 is 23.1 Å². The summed E-state index contributed by atoms with van der Waals surface area (Å²) in [6, 6.07) is 0. The summed E-state index contributed by atoms with van der Waals surface area (Å²) in [5.74, 6) is 1.94. The van der Waals surface area contributed by atoms with E-state index in [0.717, 1.165) is 22.9 Å². The molecule has 0 amide bonds. The summed E-state index contributed by atoms with van der Waals surface area (Å²) in [6.07, 6.45) is 0.783. The van der Waals surface area contributed by atoms with Crippen LogP contribution in [0.15, 0.2) is 9.90 Å². The summed E-state index contributed by atoms with van der Waals surface area (Å²) in [4.78, 5) is 8.80. The van der Waals surface area contributed by atoms with Crippen LogP contribution in [-0.4, -0.2) is 26.4 Å². The number of aromatic nitrogens is 3. The summed E-state index contributed by atoms with van der Waals surface area (Å²) < 4.78 is 5.44. The largest absolute Gasteiger partial charge is 0.332 e. The van der Waals surface area contributed by atoms with Crippen molar-refractivity contribution in [2.75, 3.05) is 6.54 Å². The smallest absolute Gasteiger partial charge is 0.277 e. The second-order valence-electron chi connectivity index (χ2n) is 5.08. The van der Waals surface area contributed by atoms with Crippen LogP contribution in [0.1, 0.15) is 31.6 Å². The molecule has 2 N–H and O–H groups in total. The molecule has 5 nitrogen and oxygen atoms in total. The first-order chi connectivity index (χ1) is 8.98. The molecule has 2 heterocycles. The maximum absolute atomic E-state index is 5.51. The van der Waals surface area contributed by atoms with Crippen molar-refractivity contribution in [3.05, 3.63) is 16.2 Å². The van der Waals surface area contributed by atoms with Crippen molar-refractivity contribution in [1.29, 1.82) is 0 Å². The Labute approximate surface area is 121 Å². The van der Waals surface area contributed by atoms with Gasteiger partial charge in [-0.3, -0.25) is 0 Å². The summed E-state index contributed by atoms with van der Waals surface area (Å²) in [5.41, 5.74) is 6.25. The van der Waals surface area contributed by atoms with E-state index < -0.39 is 0 Å². The van der Waals surface area contributed by atoms with E-state index in [2.05, 4.69) is 35.9 Å². The molecule has 0 atom stereocenters. The molecule has 0 saturated heterocycles. The molecule has 0 saturated carbocycles. The van der Waals surface area contributed by atoms with Gasteiger partial charge < -0.3 is 10.3 Å². The van der Waals surface area contributed by atoms with E-state index in [1.807, 2.05) is 5.38 Å². The Morgan fingerprint density at radius 3 is 2.84 bits per heavy atom. The molecule has 0 spiro atoms. The van der Waals surface area contributed by atoms with Crippen LogP contribution in [0.25, 0.3) is 11.6 Å². The quantitative estimate of drug-likeness (QED) is 0.914. The van der Waals surface area contributed by atoms with Gasteiger partial charge in [0.1, 0.15) is 5.69 Å². The van der Waals surface area contributed by atoms with Gasteiger partial charge in [0.05, 0.1) is 10.8 Å². The molecule has 0 aliphatic carbocycles. The van der Waals surface area contributed by atoms with E-state index >= 15 is 0 Å². The van der Waals surface area contributed by atoms with Crippen LogP contribution in [0.4, 0.5) is 0 Å². The van der Waals surface area contributed by atoms with Gasteiger partial charge in [0.15, 0.2) is 5.82 Å². The average molecular weight is 298 g/mol. The first kappa shape index (κ1) is 14.5. The van der Waals surface area contributed by atoms with Crippen molar-refractivity contribution in [2.45, 2.75) is 37.7 Å². The number of rotatable bonds is 5. The van der Waals surface area contributed by atoms with E-state index in [4.69, 9.17) is 10.3 Å². The molecular weight excluding hydrogens is 280 g/mol. The fraction of sp³-hybridized carbons (Fsp3) is 0.583. The van der Waals surface area contributed by atoms with Gasteiger partial charge in [-0.05, 0) is 6.54 Å². The normalized spacial score (nSPS) is 12.0. The van der Waals surface area contributed by atoms with Crippen LogP contribution in [-0.2, 0) is 12.2 Å². The summed E-state index contributed by atoms with van der Waals surface area (Å²) >= 11 is 3.36. The highest BCUT2D eigenvalue weighted by Gasteiger charge is 2.16. The van der Waals surface area contributed by atoms with Crippen LogP contribution in [0.2, 0.25) is 0 Å². The monoisotopic (exact) mass is 298 g/mol. The Morgan fingerprint density at radius 1 is 1.37 bits per heavy atom. The highest BCUT2D eigenvalue weighted by atomic mass is 32.2. The van der Waals surface area contributed by atoms with Gasteiger partial charge in [-0.25, -0.2) is 4.98 Å². The molecular formula is C12H18N4OS2. The lowest BCUT2D eigenvalue weighted by atomic mass is 10.3. The lowest BCUT2D eigenvalue weighted by molar-refractivity contribution is 0.424. The Balaban J connectivity index is 2.03. The van der Waals surface area contributed by atoms with Gasteiger partial charge in [-0.2, -0.15) is 4.98 Å². The molecule has 0 unspecified atom stereocenters. The van der Waals surface area contributed by atoms with E-state index in [1.54, 1.807) is 23.1 Å². The molecule has 2 aromatic heterocycles. The highest BCUT2D eigenvalue weighted by molar-refractivity contribution is 7.99. The first-order valence-electron chi connectivity index (χ1n) is 6.09. The molecule has 0 fully saturated rings. The molecule has 7 heteroatoms. The fourth-order valence-electron chi connectivity index (χ4n) is 1.35. The summed E-state index contributed by atoms with van der Waals surface area (Å²) in [7, 11) is 0. The first-order valence-corrected chi connectivity index (χ1v) is 7.96. The second-order valence-corrected chi connectivity index (χ2v) is 7.83. The third-order valence-electron chi connectivity index (χ3n) is 2.23. The zero-order valence-electron chi connectivity index (χ0n) is 11.3. The predicted molar refractivity (Wildman–Crippen MR) is 79.2 cm³/mol. The Morgan fingerprint density at radius 2 is 2.16 bits per heavy atom. The van der Waals surface area contributed by atoms with Gasteiger partial charge in [0.2, 0.25) is 0 Å². The molecule has 0 radical (unpaired) electrons. The number of hydrogen-bond donors (Lipinski definition) is 1. The van der Waals surface area contributed by atoms with Crippen molar-refractivity contribution in [2.24, 2.45) is 5.73 Å². The fourth-order valence-corrected chi connectivity index (χ4v) is 2.81. The van der Waals surface area contributed by atoms with E-state index in [1.165, 1.54) is 0 Å². The lowest BCUT2D eigenvalue weighted by Crippen LogP contribution is -2.07. The van der Waals surface area contributed by atoms with Crippen LogP contribution in [0, 0.1) is 0 Å². The maximum Gasteiger partial charge on any atom is 0.277 e. The average Bonchev–Trinajstić information content (AvgIpc) is 2.93. The number of nitrogens with two attached hydrogens (primary N) is 1. The molecule has 2 aromatic rings. The molecule has 2 rings (SSSR count). The summed E-state index contributed by atoms with van der Waals surface area (Å²) in [6.45, 7) is 7.10. The molecule has 0 aliphatic rings. The third kappa shape index (κ3) is 4.29. The molecule has 104 valence electrons. The highest BCUT2D eigenvalue weighted by Crippen LogP contribution is 2.27. The summed E-state index contributed by atoms with van der Waals surface area (Å²) in [5, 5.41) is 6.91. The Bertz CT molecular complexity index is 530. The second kappa shape index (κ2) is 6.02. The van der Waals surface area contributed by atoms with Crippen LogP contribution in [0.5, 0.6) is 0 Å². The lowest BCUT2D eigenvalue weighted by Gasteiger charge is -2.15. The predicted octanol–water partition coefficient (Wildman–Crippen LogP) is 2.73. The van der Waals surface area contributed by atoms with Crippen molar-refractivity contribution in [3.63, 3.8) is 0 Å². The number of nitrogens with zero attached hydrogens (tertiary/aromatic N) is 3. The molecule has 0 bridgehead atoms. The van der Waals surface area contributed by atoms with Crippen molar-refractivity contribution < 1.29 is 4.52 Å². The van der Waals surface area contributed by atoms with E-state index in [9.17, 15) is 0 Å². The zero-order chi connectivity index (χ0) is 13.9. The maximum atomic E-state index is 5.51. The van der Waals surface area contributed by atoms with Gasteiger partial charge >= 0.3 is 0 Å². The standard InChI is InChI=1S/C12H18N4OS2/c1-12(2,3)19-7-9-15-11(17-16-9)8-6-18-10(14-8)4-5-13/h6H,4-5,7,13H2,1-3H3. The minimum absolute atomic E-state index is 0.190. The van der Waals surface area contributed by atoms with E-state index in [-0.39, 0.29) is 4.75 Å². The topological polar surface area (TPSA) is 77.8 Å². The molecule has 0 aliphatic heterocycles. The Kier molecular flexibility index (Phi) is 4.59. The molecule has 0 aromatic carbocycles. The van der Waals surface area contributed by atoms with Crippen LogP contribution < -0.4 is 5.73 Å². The zero-order valence-corrected chi connectivity index (χ0v) is 13.0. The minimum atomic E-state index is 0.190. The number of hydrogen-bond acceptors (Lipinski definition) is 7. The van der Waals surface area contributed by atoms with Gasteiger partial charge in [-0.15, -0.1) is 23.1 Å².